The maximum Gasteiger partial charge on any atom is 0.0548 e. The summed E-state index contributed by atoms with van der Waals surface area (Å²) in [5.41, 5.74) is 2.46. The van der Waals surface area contributed by atoms with Crippen LogP contribution in [-0.4, -0.2) is 22.5 Å². The van der Waals surface area contributed by atoms with Gasteiger partial charge in [0, 0.05) is 16.7 Å². The lowest BCUT2D eigenvalue weighted by atomic mass is 9.88. The molecular formula is C16H27NOS. The standard InChI is InChI=1S/C16H27NOS/c1-7-17-15(16(4,5)6)11-19(18)14-9-8-12(2)10-13(14)3/h8-10,15,17H,7,11H2,1-6H3. The second kappa shape index (κ2) is 6.67. The van der Waals surface area contributed by atoms with Crippen LogP contribution < -0.4 is 5.32 Å². The zero-order chi connectivity index (χ0) is 14.6. The molecule has 0 aromatic heterocycles. The van der Waals surface area contributed by atoms with E-state index in [9.17, 15) is 4.21 Å². The van der Waals surface area contributed by atoms with Crippen molar-refractivity contribution in [3.05, 3.63) is 29.3 Å². The minimum absolute atomic E-state index is 0.115. The minimum atomic E-state index is -0.944. The third-order valence-electron chi connectivity index (χ3n) is 3.39. The van der Waals surface area contributed by atoms with Gasteiger partial charge in [0.05, 0.1) is 10.8 Å². The van der Waals surface area contributed by atoms with Crippen molar-refractivity contribution >= 4 is 10.8 Å². The van der Waals surface area contributed by atoms with Crippen molar-refractivity contribution in [2.24, 2.45) is 5.41 Å². The Morgan fingerprint density at radius 3 is 2.37 bits per heavy atom. The van der Waals surface area contributed by atoms with Crippen LogP contribution in [0.5, 0.6) is 0 Å². The number of hydrogen-bond donors (Lipinski definition) is 1. The lowest BCUT2D eigenvalue weighted by molar-refractivity contribution is 0.294. The summed E-state index contributed by atoms with van der Waals surface area (Å²) in [5, 5.41) is 3.46. The van der Waals surface area contributed by atoms with Gasteiger partial charge in [0.15, 0.2) is 0 Å². The van der Waals surface area contributed by atoms with E-state index in [0.717, 1.165) is 17.0 Å². The second-order valence-electron chi connectivity index (χ2n) is 6.26. The van der Waals surface area contributed by atoms with Crippen LogP contribution in [0.3, 0.4) is 0 Å². The van der Waals surface area contributed by atoms with E-state index in [4.69, 9.17) is 0 Å². The number of hydrogen-bond acceptors (Lipinski definition) is 2. The summed E-state index contributed by atoms with van der Waals surface area (Å²) in [4.78, 5) is 0.970. The predicted molar refractivity (Wildman–Crippen MR) is 84.1 cm³/mol. The Labute approximate surface area is 120 Å². The molecule has 2 nitrogen and oxygen atoms in total. The van der Waals surface area contributed by atoms with E-state index >= 15 is 0 Å². The van der Waals surface area contributed by atoms with Crippen molar-refractivity contribution in [3.8, 4) is 0 Å². The Hall–Kier alpha value is -0.670. The van der Waals surface area contributed by atoms with E-state index in [1.807, 2.05) is 19.1 Å². The average molecular weight is 281 g/mol. The zero-order valence-electron chi connectivity index (χ0n) is 13.0. The molecule has 1 N–H and O–H groups in total. The Morgan fingerprint density at radius 1 is 1.26 bits per heavy atom. The van der Waals surface area contributed by atoms with Crippen LogP contribution in [-0.2, 0) is 10.8 Å². The number of rotatable bonds is 5. The normalized spacial score (nSPS) is 15.3. The highest BCUT2D eigenvalue weighted by Gasteiger charge is 2.26. The molecule has 3 heteroatoms. The molecule has 0 aliphatic heterocycles. The van der Waals surface area contributed by atoms with Gasteiger partial charge in [-0.2, -0.15) is 0 Å². The molecule has 1 aromatic carbocycles. The van der Waals surface area contributed by atoms with E-state index in [1.54, 1.807) is 0 Å². The molecule has 2 atom stereocenters. The highest BCUT2D eigenvalue weighted by Crippen LogP contribution is 2.23. The van der Waals surface area contributed by atoms with Crippen LogP contribution in [0.2, 0.25) is 0 Å². The molecule has 0 bridgehead atoms. The van der Waals surface area contributed by atoms with Crippen molar-refractivity contribution < 1.29 is 4.21 Å². The van der Waals surface area contributed by atoms with Crippen molar-refractivity contribution in [2.75, 3.05) is 12.3 Å². The van der Waals surface area contributed by atoms with Gasteiger partial charge in [-0.1, -0.05) is 45.4 Å². The van der Waals surface area contributed by atoms with Gasteiger partial charge < -0.3 is 5.32 Å². The molecule has 2 unspecified atom stereocenters. The van der Waals surface area contributed by atoms with Gasteiger partial charge in [-0.15, -0.1) is 0 Å². The Bertz CT molecular complexity index is 449. The van der Waals surface area contributed by atoms with Crippen LogP contribution in [0, 0.1) is 19.3 Å². The second-order valence-corrected chi connectivity index (χ2v) is 7.72. The number of aryl methyl sites for hydroxylation is 2. The molecular weight excluding hydrogens is 254 g/mol. The van der Waals surface area contributed by atoms with Crippen molar-refractivity contribution in [2.45, 2.75) is 52.5 Å². The summed E-state index contributed by atoms with van der Waals surface area (Å²) >= 11 is 0. The highest BCUT2D eigenvalue weighted by atomic mass is 32.2. The topological polar surface area (TPSA) is 29.1 Å². The molecule has 0 radical (unpaired) electrons. The van der Waals surface area contributed by atoms with Crippen LogP contribution in [0.1, 0.15) is 38.8 Å². The number of nitrogens with one attached hydrogen (secondary N) is 1. The summed E-state index contributed by atoms with van der Waals surface area (Å²) in [6.45, 7) is 13.7. The summed E-state index contributed by atoms with van der Waals surface area (Å²) in [6.07, 6.45) is 0. The Balaban J connectivity index is 2.88. The molecule has 0 heterocycles. The summed E-state index contributed by atoms with van der Waals surface area (Å²) in [5.74, 6) is 0.668. The zero-order valence-corrected chi connectivity index (χ0v) is 13.9. The van der Waals surface area contributed by atoms with E-state index in [1.165, 1.54) is 5.56 Å². The molecule has 0 amide bonds. The van der Waals surface area contributed by atoms with Crippen LogP contribution in [0.25, 0.3) is 0 Å². The molecule has 0 aliphatic rings. The fourth-order valence-corrected chi connectivity index (χ4v) is 3.90. The third-order valence-corrected chi connectivity index (χ3v) is 4.97. The molecule has 0 saturated carbocycles. The predicted octanol–water partition coefficient (Wildman–Crippen LogP) is 3.44. The SMILES string of the molecule is CCNC(CS(=O)c1ccc(C)cc1C)C(C)(C)C. The molecule has 0 spiro atoms. The van der Waals surface area contributed by atoms with E-state index in [2.05, 4.69) is 46.0 Å². The summed E-state index contributed by atoms with van der Waals surface area (Å²) in [7, 11) is -0.944. The lowest BCUT2D eigenvalue weighted by Gasteiger charge is -2.31. The number of benzene rings is 1. The van der Waals surface area contributed by atoms with Crippen molar-refractivity contribution in [1.82, 2.24) is 5.32 Å². The van der Waals surface area contributed by atoms with E-state index < -0.39 is 10.8 Å². The first-order chi connectivity index (χ1) is 8.75. The molecule has 0 fully saturated rings. The monoisotopic (exact) mass is 281 g/mol. The molecule has 108 valence electrons. The van der Waals surface area contributed by atoms with Crippen LogP contribution >= 0.6 is 0 Å². The first kappa shape index (κ1) is 16.4. The van der Waals surface area contributed by atoms with Gasteiger partial charge in [0.25, 0.3) is 0 Å². The van der Waals surface area contributed by atoms with Gasteiger partial charge in [-0.3, -0.25) is 4.21 Å². The smallest absolute Gasteiger partial charge is 0.0548 e. The first-order valence-electron chi connectivity index (χ1n) is 6.94. The minimum Gasteiger partial charge on any atom is -0.313 e. The molecule has 1 rings (SSSR count). The maximum absolute atomic E-state index is 12.6. The van der Waals surface area contributed by atoms with Gasteiger partial charge in [0.1, 0.15) is 0 Å². The van der Waals surface area contributed by atoms with Crippen molar-refractivity contribution in [1.29, 1.82) is 0 Å². The fraction of sp³-hybridized carbons (Fsp3) is 0.625. The highest BCUT2D eigenvalue weighted by molar-refractivity contribution is 7.85. The first-order valence-corrected chi connectivity index (χ1v) is 8.26. The Kier molecular flexibility index (Phi) is 5.75. The largest absolute Gasteiger partial charge is 0.313 e. The van der Waals surface area contributed by atoms with E-state index in [-0.39, 0.29) is 11.5 Å². The third kappa shape index (κ3) is 4.73. The maximum atomic E-state index is 12.6. The Morgan fingerprint density at radius 2 is 1.89 bits per heavy atom. The average Bonchev–Trinajstić information content (AvgIpc) is 2.26. The molecule has 0 saturated heterocycles. The van der Waals surface area contributed by atoms with Crippen LogP contribution in [0.4, 0.5) is 0 Å². The van der Waals surface area contributed by atoms with Crippen molar-refractivity contribution in [3.63, 3.8) is 0 Å². The molecule has 0 aliphatic carbocycles. The van der Waals surface area contributed by atoms with Crippen LogP contribution in [0.15, 0.2) is 23.1 Å². The van der Waals surface area contributed by atoms with E-state index in [0.29, 0.717) is 5.75 Å². The fourth-order valence-electron chi connectivity index (χ4n) is 2.16. The summed E-state index contributed by atoms with van der Waals surface area (Å²) in [6, 6.07) is 6.41. The quantitative estimate of drug-likeness (QED) is 0.896. The van der Waals surface area contributed by atoms with Gasteiger partial charge in [-0.25, -0.2) is 0 Å². The van der Waals surface area contributed by atoms with Gasteiger partial charge in [0.2, 0.25) is 0 Å². The molecule has 19 heavy (non-hydrogen) atoms. The van der Waals surface area contributed by atoms with Gasteiger partial charge in [-0.05, 0) is 37.4 Å². The molecule has 1 aromatic rings. The summed E-state index contributed by atoms with van der Waals surface area (Å²) < 4.78 is 12.6. The van der Waals surface area contributed by atoms with Gasteiger partial charge >= 0.3 is 0 Å². The lowest BCUT2D eigenvalue weighted by Crippen LogP contribution is -2.44.